The Hall–Kier alpha value is -0.980. The lowest BCUT2D eigenvalue weighted by Crippen LogP contribution is -2.31. The van der Waals surface area contributed by atoms with Crippen molar-refractivity contribution in [3.63, 3.8) is 0 Å². The van der Waals surface area contributed by atoms with Gasteiger partial charge >= 0.3 is 0 Å². The smallest absolute Gasteiger partial charge is 0.273 e. The summed E-state index contributed by atoms with van der Waals surface area (Å²) in [5.41, 5.74) is 2.19. The number of aromatic nitrogens is 1. The first kappa shape index (κ1) is 13.5. The van der Waals surface area contributed by atoms with Gasteiger partial charge in [-0.25, -0.2) is 4.98 Å². The fourth-order valence-electron chi connectivity index (χ4n) is 2.47. The van der Waals surface area contributed by atoms with E-state index in [1.54, 1.807) is 10.9 Å². The molecule has 0 radical (unpaired) electrons. The van der Waals surface area contributed by atoms with Crippen LogP contribution in [0.1, 0.15) is 10.5 Å². The van der Waals surface area contributed by atoms with Crippen LogP contribution in [-0.4, -0.2) is 66.1 Å². The van der Waals surface area contributed by atoms with E-state index in [9.17, 15) is 9.90 Å². The van der Waals surface area contributed by atoms with Crippen molar-refractivity contribution < 1.29 is 9.90 Å². The summed E-state index contributed by atoms with van der Waals surface area (Å²) in [5, 5.41) is 11.2. The van der Waals surface area contributed by atoms with Gasteiger partial charge in [0.25, 0.3) is 5.91 Å². The normalized spacial score (nSPS) is 23.9. The summed E-state index contributed by atoms with van der Waals surface area (Å²) in [5.74, 6) is 0.499. The topological polar surface area (TPSA) is 56.7 Å². The molecule has 0 saturated carbocycles. The molecular formula is C12H19N3O2S. The van der Waals surface area contributed by atoms with Gasteiger partial charge in [-0.15, -0.1) is 11.3 Å². The average Bonchev–Trinajstić information content (AvgIpc) is 2.95. The standard InChI is InChI=1S/C12H19N3O2S/c1-14(2)3-9-4-15(5-10(9)6-16)12(17)11-7-18-8-13-11/h7-10,16H,3-6H2,1-2H3/t9-,10-/m1/s1. The molecule has 0 aromatic carbocycles. The summed E-state index contributed by atoms with van der Waals surface area (Å²) in [4.78, 5) is 20.1. The molecule has 0 spiro atoms. The number of hydrogen-bond donors (Lipinski definition) is 1. The first-order valence-electron chi connectivity index (χ1n) is 6.05. The lowest BCUT2D eigenvalue weighted by molar-refractivity contribution is 0.0774. The van der Waals surface area contributed by atoms with Crippen molar-refractivity contribution in [2.75, 3.05) is 40.3 Å². The van der Waals surface area contributed by atoms with Crippen LogP contribution in [0.15, 0.2) is 10.9 Å². The highest BCUT2D eigenvalue weighted by atomic mass is 32.1. The fraction of sp³-hybridized carbons (Fsp3) is 0.667. The van der Waals surface area contributed by atoms with Crippen molar-refractivity contribution >= 4 is 17.2 Å². The molecule has 1 fully saturated rings. The van der Waals surface area contributed by atoms with Crippen LogP contribution in [0.4, 0.5) is 0 Å². The van der Waals surface area contributed by atoms with Gasteiger partial charge in [0, 0.05) is 37.5 Å². The van der Waals surface area contributed by atoms with E-state index >= 15 is 0 Å². The van der Waals surface area contributed by atoms with Crippen molar-refractivity contribution in [2.45, 2.75) is 0 Å². The van der Waals surface area contributed by atoms with Crippen LogP contribution in [0, 0.1) is 11.8 Å². The van der Waals surface area contributed by atoms with Gasteiger partial charge in [-0.2, -0.15) is 0 Å². The molecule has 0 aliphatic carbocycles. The summed E-state index contributed by atoms with van der Waals surface area (Å²) in [6.07, 6.45) is 0. The Morgan fingerprint density at radius 2 is 2.28 bits per heavy atom. The largest absolute Gasteiger partial charge is 0.396 e. The molecule has 1 aromatic heterocycles. The second-order valence-electron chi connectivity index (χ2n) is 5.05. The molecule has 2 rings (SSSR count). The summed E-state index contributed by atoms with van der Waals surface area (Å²) in [6.45, 7) is 2.37. The molecule has 18 heavy (non-hydrogen) atoms. The van der Waals surface area contributed by atoms with E-state index in [0.29, 0.717) is 24.7 Å². The number of thiazole rings is 1. The highest BCUT2D eigenvalue weighted by Crippen LogP contribution is 2.25. The molecule has 100 valence electrons. The first-order chi connectivity index (χ1) is 8.61. The Balaban J connectivity index is 2.02. The number of amides is 1. The van der Waals surface area contributed by atoms with Gasteiger partial charge in [0.05, 0.1) is 5.51 Å². The zero-order chi connectivity index (χ0) is 13.1. The van der Waals surface area contributed by atoms with Crippen molar-refractivity contribution in [3.8, 4) is 0 Å². The minimum absolute atomic E-state index is 0.0176. The second kappa shape index (κ2) is 5.77. The van der Waals surface area contributed by atoms with Crippen molar-refractivity contribution in [3.05, 3.63) is 16.6 Å². The fourth-order valence-corrected chi connectivity index (χ4v) is 2.99. The zero-order valence-corrected chi connectivity index (χ0v) is 11.6. The van der Waals surface area contributed by atoms with E-state index in [0.717, 1.165) is 6.54 Å². The molecular weight excluding hydrogens is 250 g/mol. The van der Waals surface area contributed by atoms with E-state index in [1.807, 2.05) is 19.0 Å². The van der Waals surface area contributed by atoms with Gasteiger partial charge in [0.15, 0.2) is 0 Å². The third-order valence-electron chi connectivity index (χ3n) is 3.35. The summed E-state index contributed by atoms with van der Waals surface area (Å²) in [7, 11) is 4.03. The van der Waals surface area contributed by atoms with E-state index in [1.165, 1.54) is 11.3 Å². The van der Waals surface area contributed by atoms with Gasteiger partial charge in [0.1, 0.15) is 5.69 Å². The highest BCUT2D eigenvalue weighted by Gasteiger charge is 2.35. The average molecular weight is 269 g/mol. The molecule has 0 unspecified atom stereocenters. The minimum Gasteiger partial charge on any atom is -0.396 e. The van der Waals surface area contributed by atoms with Crippen LogP contribution in [0.2, 0.25) is 0 Å². The lowest BCUT2D eigenvalue weighted by atomic mass is 9.97. The van der Waals surface area contributed by atoms with Crippen molar-refractivity contribution in [2.24, 2.45) is 11.8 Å². The maximum atomic E-state index is 12.2. The van der Waals surface area contributed by atoms with Crippen LogP contribution in [-0.2, 0) is 0 Å². The minimum atomic E-state index is -0.0176. The number of nitrogens with zero attached hydrogens (tertiary/aromatic N) is 3. The number of carbonyl (C=O) groups excluding carboxylic acids is 1. The Kier molecular flexibility index (Phi) is 4.31. The third kappa shape index (κ3) is 2.88. The molecule has 1 saturated heterocycles. The van der Waals surface area contributed by atoms with E-state index in [-0.39, 0.29) is 18.4 Å². The van der Waals surface area contributed by atoms with E-state index in [2.05, 4.69) is 9.88 Å². The molecule has 1 aromatic rings. The highest BCUT2D eigenvalue weighted by molar-refractivity contribution is 7.07. The first-order valence-corrected chi connectivity index (χ1v) is 6.99. The van der Waals surface area contributed by atoms with Crippen LogP contribution >= 0.6 is 11.3 Å². The number of aliphatic hydroxyl groups is 1. The number of carbonyl (C=O) groups is 1. The maximum Gasteiger partial charge on any atom is 0.273 e. The molecule has 5 nitrogen and oxygen atoms in total. The van der Waals surface area contributed by atoms with Gasteiger partial charge < -0.3 is 14.9 Å². The molecule has 1 N–H and O–H groups in total. The van der Waals surface area contributed by atoms with Crippen LogP contribution < -0.4 is 0 Å². The number of rotatable bonds is 4. The Morgan fingerprint density at radius 1 is 1.56 bits per heavy atom. The molecule has 1 amide bonds. The van der Waals surface area contributed by atoms with Gasteiger partial charge in [-0.1, -0.05) is 0 Å². The van der Waals surface area contributed by atoms with E-state index < -0.39 is 0 Å². The maximum absolute atomic E-state index is 12.2. The SMILES string of the molecule is CN(C)C[C@@H]1CN(C(=O)c2cscn2)C[C@@H]1CO. The molecule has 1 aliphatic rings. The second-order valence-corrected chi connectivity index (χ2v) is 5.77. The lowest BCUT2D eigenvalue weighted by Gasteiger charge is -2.20. The Bertz CT molecular complexity index is 394. The van der Waals surface area contributed by atoms with Crippen molar-refractivity contribution in [1.82, 2.24) is 14.8 Å². The molecule has 1 aliphatic heterocycles. The van der Waals surface area contributed by atoms with Crippen LogP contribution in [0.3, 0.4) is 0 Å². The molecule has 2 atom stereocenters. The van der Waals surface area contributed by atoms with Gasteiger partial charge in [-0.3, -0.25) is 4.79 Å². The summed E-state index contributed by atoms with van der Waals surface area (Å²) < 4.78 is 0. The van der Waals surface area contributed by atoms with E-state index in [4.69, 9.17) is 0 Å². The predicted octanol–water partition coefficient (Wildman–Crippen LogP) is 0.385. The van der Waals surface area contributed by atoms with Gasteiger partial charge in [-0.05, 0) is 20.0 Å². The molecule has 0 bridgehead atoms. The van der Waals surface area contributed by atoms with Gasteiger partial charge in [0.2, 0.25) is 0 Å². The van der Waals surface area contributed by atoms with Crippen LogP contribution in [0.25, 0.3) is 0 Å². The quantitative estimate of drug-likeness (QED) is 0.859. The zero-order valence-electron chi connectivity index (χ0n) is 10.7. The number of aliphatic hydroxyl groups excluding tert-OH is 1. The Morgan fingerprint density at radius 3 is 2.83 bits per heavy atom. The third-order valence-corrected chi connectivity index (χ3v) is 3.94. The monoisotopic (exact) mass is 269 g/mol. The molecule has 2 heterocycles. The Labute approximate surface area is 111 Å². The molecule has 6 heteroatoms. The summed E-state index contributed by atoms with van der Waals surface area (Å²) >= 11 is 1.43. The summed E-state index contributed by atoms with van der Waals surface area (Å²) in [6, 6.07) is 0. The van der Waals surface area contributed by atoms with Crippen LogP contribution in [0.5, 0.6) is 0 Å². The predicted molar refractivity (Wildman–Crippen MR) is 70.6 cm³/mol. The number of likely N-dealkylation sites (tertiary alicyclic amines) is 1. The number of hydrogen-bond acceptors (Lipinski definition) is 5. The van der Waals surface area contributed by atoms with Crippen molar-refractivity contribution in [1.29, 1.82) is 0 Å².